The van der Waals surface area contributed by atoms with Crippen molar-refractivity contribution in [2.24, 2.45) is 0 Å². The highest BCUT2D eigenvalue weighted by atomic mass is 35.5. The Morgan fingerprint density at radius 2 is 1.55 bits per heavy atom. The third kappa shape index (κ3) is 6.19. The molecule has 0 fully saturated rings. The molecule has 29 heavy (non-hydrogen) atoms. The fourth-order valence-electron chi connectivity index (χ4n) is 2.57. The average molecular weight is 445 g/mol. The fraction of sp³-hybridized carbons (Fsp3) is 0.0909. The molecule has 0 aliphatic rings. The van der Waals surface area contributed by atoms with Gasteiger partial charge in [0.2, 0.25) is 0 Å². The molecule has 0 radical (unpaired) electrons. The van der Waals surface area contributed by atoms with Gasteiger partial charge in [0, 0.05) is 12.0 Å². The van der Waals surface area contributed by atoms with Crippen LogP contribution in [0.15, 0.2) is 72.8 Å². The maximum Gasteiger partial charge on any atom is 0.257 e. The summed E-state index contributed by atoms with van der Waals surface area (Å²) in [5.41, 5.74) is 2.11. The largest absolute Gasteiger partial charge is 0.493 e. The van der Waals surface area contributed by atoms with Crippen LogP contribution in [0.5, 0.6) is 5.75 Å². The van der Waals surface area contributed by atoms with Gasteiger partial charge in [-0.15, -0.1) is 0 Å². The minimum Gasteiger partial charge on any atom is -0.493 e. The molecule has 0 aliphatic heterocycles. The zero-order chi connectivity index (χ0) is 20.6. The molecule has 0 unspecified atom stereocenters. The number of rotatable bonds is 6. The van der Waals surface area contributed by atoms with Crippen molar-refractivity contribution in [3.63, 3.8) is 0 Å². The lowest BCUT2D eigenvalue weighted by atomic mass is 10.2. The van der Waals surface area contributed by atoms with Gasteiger partial charge in [0.25, 0.3) is 5.91 Å². The number of carbonyl (C=O) groups is 1. The molecule has 0 aromatic heterocycles. The lowest BCUT2D eigenvalue weighted by Gasteiger charge is -2.12. The number of carbonyl (C=O) groups excluding carboxylic acids is 1. The zero-order valence-corrected chi connectivity index (χ0v) is 17.7. The standard InChI is InChI=1S/C22H18Cl2N2O2S/c23-18-7-4-8-19(24)20(18)25-22(29)26-21(27)16-9-11-17(12-10-16)28-14-13-15-5-2-1-3-6-15/h1-12H,13-14H2,(H2,25,26,27,29). The molecular formula is C22H18Cl2N2O2S. The number of benzene rings is 3. The van der Waals surface area contributed by atoms with Gasteiger partial charge < -0.3 is 10.1 Å². The molecule has 3 aromatic carbocycles. The van der Waals surface area contributed by atoms with Gasteiger partial charge in [0.15, 0.2) is 5.11 Å². The minimum atomic E-state index is -0.346. The zero-order valence-electron chi connectivity index (χ0n) is 15.3. The number of para-hydroxylation sites is 1. The molecule has 3 rings (SSSR count). The molecule has 148 valence electrons. The highest BCUT2D eigenvalue weighted by molar-refractivity contribution is 7.80. The van der Waals surface area contributed by atoms with Gasteiger partial charge >= 0.3 is 0 Å². The summed E-state index contributed by atoms with van der Waals surface area (Å²) in [4.78, 5) is 12.4. The average Bonchev–Trinajstić information content (AvgIpc) is 2.72. The molecule has 3 aromatic rings. The van der Waals surface area contributed by atoms with Crippen LogP contribution in [0.4, 0.5) is 5.69 Å². The highest BCUT2D eigenvalue weighted by Gasteiger charge is 2.11. The van der Waals surface area contributed by atoms with Gasteiger partial charge in [-0.2, -0.15) is 0 Å². The van der Waals surface area contributed by atoms with E-state index >= 15 is 0 Å². The first-order valence-electron chi connectivity index (χ1n) is 8.86. The normalized spacial score (nSPS) is 10.3. The first-order valence-corrected chi connectivity index (χ1v) is 10.0. The Labute approximate surface area is 184 Å². The van der Waals surface area contributed by atoms with E-state index in [0.717, 1.165) is 6.42 Å². The van der Waals surface area contributed by atoms with Gasteiger partial charge in [-0.3, -0.25) is 10.1 Å². The van der Waals surface area contributed by atoms with E-state index in [1.807, 2.05) is 18.2 Å². The molecule has 0 bridgehead atoms. The van der Waals surface area contributed by atoms with Crippen LogP contribution in [0.3, 0.4) is 0 Å². The van der Waals surface area contributed by atoms with Crippen molar-refractivity contribution in [2.45, 2.75) is 6.42 Å². The molecule has 4 nitrogen and oxygen atoms in total. The van der Waals surface area contributed by atoms with Gasteiger partial charge in [-0.05, 0) is 54.2 Å². The summed E-state index contributed by atoms with van der Waals surface area (Å²) in [7, 11) is 0. The van der Waals surface area contributed by atoms with E-state index in [4.69, 9.17) is 40.2 Å². The minimum absolute atomic E-state index is 0.105. The van der Waals surface area contributed by atoms with Crippen LogP contribution in [0.1, 0.15) is 15.9 Å². The monoisotopic (exact) mass is 444 g/mol. The van der Waals surface area contributed by atoms with E-state index in [1.54, 1.807) is 42.5 Å². The molecule has 1 amide bonds. The molecule has 2 N–H and O–H groups in total. The van der Waals surface area contributed by atoms with Crippen molar-refractivity contribution in [1.82, 2.24) is 5.32 Å². The van der Waals surface area contributed by atoms with E-state index in [-0.39, 0.29) is 11.0 Å². The number of hydrogen-bond acceptors (Lipinski definition) is 3. The first-order chi connectivity index (χ1) is 14.0. The van der Waals surface area contributed by atoms with Crippen molar-refractivity contribution in [2.75, 3.05) is 11.9 Å². The van der Waals surface area contributed by atoms with E-state index in [9.17, 15) is 4.79 Å². The second-order valence-corrected chi connectivity index (χ2v) is 7.34. The van der Waals surface area contributed by atoms with E-state index < -0.39 is 0 Å². The number of ether oxygens (including phenoxy) is 1. The Balaban J connectivity index is 1.51. The number of halogens is 2. The van der Waals surface area contributed by atoms with Gasteiger partial charge in [-0.25, -0.2) is 0 Å². The maximum atomic E-state index is 12.4. The SMILES string of the molecule is O=C(NC(=S)Nc1c(Cl)cccc1Cl)c1ccc(OCCc2ccccc2)cc1. The second kappa shape index (κ2) is 10.3. The number of amides is 1. The summed E-state index contributed by atoms with van der Waals surface area (Å²) in [6, 6.07) is 22.0. The third-order valence-electron chi connectivity index (χ3n) is 4.05. The van der Waals surface area contributed by atoms with Crippen molar-refractivity contribution >= 4 is 52.1 Å². The van der Waals surface area contributed by atoms with Gasteiger partial charge in [0.1, 0.15) is 5.75 Å². The van der Waals surface area contributed by atoms with E-state index in [2.05, 4.69) is 22.8 Å². The summed E-state index contributed by atoms with van der Waals surface area (Å²) in [6.45, 7) is 0.558. The van der Waals surface area contributed by atoms with Crippen LogP contribution in [-0.2, 0) is 6.42 Å². The smallest absolute Gasteiger partial charge is 0.257 e. The van der Waals surface area contributed by atoms with E-state index in [0.29, 0.717) is 33.7 Å². The molecule has 7 heteroatoms. The van der Waals surface area contributed by atoms with Crippen LogP contribution in [-0.4, -0.2) is 17.6 Å². The number of hydrogen-bond donors (Lipinski definition) is 2. The topological polar surface area (TPSA) is 50.4 Å². The van der Waals surface area contributed by atoms with Crippen LogP contribution >= 0.6 is 35.4 Å². The molecule has 0 aliphatic carbocycles. The Kier molecular flexibility index (Phi) is 7.47. The van der Waals surface area contributed by atoms with Crippen molar-refractivity contribution in [1.29, 1.82) is 0 Å². The summed E-state index contributed by atoms with van der Waals surface area (Å²) in [6.07, 6.45) is 0.813. The van der Waals surface area contributed by atoms with Crippen molar-refractivity contribution in [3.05, 3.63) is 94.0 Å². The first kappa shape index (κ1) is 21.1. The Morgan fingerprint density at radius 1 is 0.897 bits per heavy atom. The Bertz CT molecular complexity index is 975. The van der Waals surface area contributed by atoms with Crippen LogP contribution in [0, 0.1) is 0 Å². The van der Waals surface area contributed by atoms with Crippen LogP contribution in [0.2, 0.25) is 10.0 Å². The van der Waals surface area contributed by atoms with Crippen molar-refractivity contribution in [3.8, 4) is 5.75 Å². The highest BCUT2D eigenvalue weighted by Crippen LogP contribution is 2.29. The quantitative estimate of drug-likeness (QED) is 0.475. The number of thiocarbonyl (C=S) groups is 1. The van der Waals surface area contributed by atoms with E-state index in [1.165, 1.54) is 5.56 Å². The summed E-state index contributed by atoms with van der Waals surface area (Å²) < 4.78 is 5.73. The molecule has 0 spiro atoms. The number of anilines is 1. The maximum absolute atomic E-state index is 12.4. The number of nitrogens with one attached hydrogen (secondary N) is 2. The summed E-state index contributed by atoms with van der Waals surface area (Å²) in [5, 5.41) is 6.37. The van der Waals surface area contributed by atoms with Crippen molar-refractivity contribution < 1.29 is 9.53 Å². The molecular weight excluding hydrogens is 427 g/mol. The van der Waals surface area contributed by atoms with Gasteiger partial charge in [-0.1, -0.05) is 59.6 Å². The molecule has 0 atom stereocenters. The molecule has 0 saturated heterocycles. The Hall–Kier alpha value is -2.60. The van der Waals surface area contributed by atoms with Gasteiger partial charge in [0.05, 0.1) is 22.3 Å². The second-order valence-electron chi connectivity index (χ2n) is 6.11. The van der Waals surface area contributed by atoms with Crippen LogP contribution in [0.25, 0.3) is 0 Å². The summed E-state index contributed by atoms with van der Waals surface area (Å²) >= 11 is 17.4. The molecule has 0 heterocycles. The predicted molar refractivity (Wildman–Crippen MR) is 122 cm³/mol. The fourth-order valence-corrected chi connectivity index (χ4v) is 3.26. The lowest BCUT2D eigenvalue weighted by molar-refractivity contribution is 0.0977. The Morgan fingerprint density at radius 3 is 2.21 bits per heavy atom. The lowest BCUT2D eigenvalue weighted by Crippen LogP contribution is -2.34. The third-order valence-corrected chi connectivity index (χ3v) is 4.88. The predicted octanol–water partition coefficient (Wildman–Crippen LogP) is 5.74. The van der Waals surface area contributed by atoms with Crippen LogP contribution < -0.4 is 15.4 Å². The molecule has 0 saturated carbocycles. The summed E-state index contributed by atoms with van der Waals surface area (Å²) in [5.74, 6) is 0.350.